The average molecular weight is 366 g/mol. The summed E-state index contributed by atoms with van der Waals surface area (Å²) in [5, 5.41) is 4.10. The van der Waals surface area contributed by atoms with Crippen molar-refractivity contribution in [2.75, 3.05) is 0 Å². The number of carbonyl (C=O) groups excluding carboxylic acids is 2. The molecule has 140 valence electrons. The highest BCUT2D eigenvalue weighted by atomic mass is 16.5. The Bertz CT molecular complexity index is 984. The highest BCUT2D eigenvalue weighted by Crippen LogP contribution is 2.24. The number of Topliss-reactive ketones (excluding diaryl/α,β-unsaturated/α-hetero) is 1. The lowest BCUT2D eigenvalue weighted by atomic mass is 9.92. The Hall–Kier alpha value is -3.15. The van der Waals surface area contributed by atoms with E-state index in [1.165, 1.54) is 0 Å². The average Bonchev–Trinajstić information content (AvgIpc) is 3.26. The van der Waals surface area contributed by atoms with Crippen LogP contribution in [0, 0.1) is 20.8 Å². The predicted molar refractivity (Wildman–Crippen MR) is 99.8 cm³/mol. The highest BCUT2D eigenvalue weighted by molar-refractivity contribution is 5.97. The minimum Gasteiger partial charge on any atom is -0.455 e. The van der Waals surface area contributed by atoms with Crippen molar-refractivity contribution in [3.8, 4) is 0 Å². The van der Waals surface area contributed by atoms with E-state index < -0.39 is 5.97 Å². The third-order valence-corrected chi connectivity index (χ3v) is 4.57. The first-order valence-electron chi connectivity index (χ1n) is 8.70. The third kappa shape index (κ3) is 4.00. The molecule has 3 rings (SSSR count). The van der Waals surface area contributed by atoms with Gasteiger partial charge in [-0.1, -0.05) is 6.07 Å². The number of ketones is 1. The molecule has 1 aromatic carbocycles. The number of hydrogen-bond donors (Lipinski definition) is 0. The maximum atomic E-state index is 12.3. The minimum atomic E-state index is -0.537. The van der Waals surface area contributed by atoms with E-state index in [0.717, 1.165) is 22.3 Å². The first-order valence-corrected chi connectivity index (χ1v) is 8.70. The molecule has 0 bridgehead atoms. The van der Waals surface area contributed by atoms with Gasteiger partial charge in [-0.3, -0.25) is 9.48 Å². The number of ether oxygens (including phenoxy) is 1. The monoisotopic (exact) mass is 366 g/mol. The van der Waals surface area contributed by atoms with Gasteiger partial charge in [0, 0.05) is 18.0 Å². The van der Waals surface area contributed by atoms with E-state index >= 15 is 0 Å². The molecule has 0 N–H and O–H groups in total. The summed E-state index contributed by atoms with van der Waals surface area (Å²) >= 11 is 0. The van der Waals surface area contributed by atoms with E-state index in [4.69, 9.17) is 9.15 Å². The molecule has 0 saturated heterocycles. The summed E-state index contributed by atoms with van der Waals surface area (Å²) in [5.41, 5.74) is 4.31. The molecule has 0 aliphatic heterocycles. The fraction of sp³-hybridized carbons (Fsp3) is 0.286. The van der Waals surface area contributed by atoms with Gasteiger partial charge < -0.3 is 9.15 Å². The van der Waals surface area contributed by atoms with Crippen molar-refractivity contribution in [1.29, 1.82) is 0 Å². The number of hydrogen-bond acceptors (Lipinski definition) is 5. The number of esters is 1. The zero-order valence-electron chi connectivity index (χ0n) is 15.9. The number of aromatic nitrogens is 2. The van der Waals surface area contributed by atoms with E-state index in [1.54, 1.807) is 29.9 Å². The second kappa shape index (κ2) is 7.61. The van der Waals surface area contributed by atoms with Crippen LogP contribution in [0.25, 0.3) is 0 Å². The van der Waals surface area contributed by atoms with E-state index in [2.05, 4.69) is 5.10 Å². The van der Waals surface area contributed by atoms with E-state index in [1.807, 2.05) is 39.1 Å². The van der Waals surface area contributed by atoms with Crippen molar-refractivity contribution < 1.29 is 18.7 Å². The first-order chi connectivity index (χ1) is 12.9. The standard InChI is InChI=1S/C21H22N2O4/c1-13-10-14(2)20(16(4)24)15(3)18(13)12-26-21(25)19-7-6-17(27-19)11-23-9-5-8-22-23/h5-10H,11-12H2,1-4H3. The molecule has 0 atom stereocenters. The van der Waals surface area contributed by atoms with Crippen LogP contribution >= 0.6 is 0 Å². The normalized spacial score (nSPS) is 10.8. The number of carbonyl (C=O) groups is 2. The summed E-state index contributed by atoms with van der Waals surface area (Å²) in [7, 11) is 0. The van der Waals surface area contributed by atoms with Crippen molar-refractivity contribution in [3.63, 3.8) is 0 Å². The van der Waals surface area contributed by atoms with Crippen molar-refractivity contribution in [2.45, 2.75) is 40.8 Å². The molecule has 2 heterocycles. The largest absolute Gasteiger partial charge is 0.455 e. The van der Waals surface area contributed by atoms with Crippen LogP contribution in [-0.2, 0) is 17.9 Å². The van der Waals surface area contributed by atoms with E-state index in [0.29, 0.717) is 17.9 Å². The van der Waals surface area contributed by atoms with Gasteiger partial charge in [0.25, 0.3) is 0 Å². The van der Waals surface area contributed by atoms with Crippen molar-refractivity contribution >= 4 is 11.8 Å². The minimum absolute atomic E-state index is 0.00637. The van der Waals surface area contributed by atoms with E-state index in [-0.39, 0.29) is 18.2 Å². The van der Waals surface area contributed by atoms with Crippen LogP contribution in [0.3, 0.4) is 0 Å². The lowest BCUT2D eigenvalue weighted by Gasteiger charge is -2.15. The lowest BCUT2D eigenvalue weighted by Crippen LogP contribution is -2.10. The molecule has 0 aliphatic carbocycles. The van der Waals surface area contributed by atoms with Crippen LogP contribution in [0.15, 0.2) is 41.1 Å². The zero-order valence-corrected chi connectivity index (χ0v) is 15.9. The Morgan fingerprint density at radius 1 is 1.19 bits per heavy atom. The summed E-state index contributed by atoms with van der Waals surface area (Å²) in [6, 6.07) is 7.09. The van der Waals surface area contributed by atoms with Gasteiger partial charge in [-0.25, -0.2) is 4.79 Å². The number of aryl methyl sites for hydroxylation is 2. The van der Waals surface area contributed by atoms with Gasteiger partial charge >= 0.3 is 5.97 Å². The van der Waals surface area contributed by atoms with Crippen molar-refractivity contribution in [3.05, 3.63) is 76.0 Å². The molecule has 0 saturated carbocycles. The Kier molecular flexibility index (Phi) is 5.26. The fourth-order valence-corrected chi connectivity index (χ4v) is 3.33. The molecule has 0 spiro atoms. The summed E-state index contributed by atoms with van der Waals surface area (Å²) in [4.78, 5) is 24.3. The summed E-state index contributed by atoms with van der Waals surface area (Å²) in [6.07, 6.45) is 3.50. The van der Waals surface area contributed by atoms with Crippen molar-refractivity contribution in [1.82, 2.24) is 9.78 Å². The number of benzene rings is 1. The first kappa shape index (κ1) is 18.6. The molecular formula is C21H22N2O4. The van der Waals surface area contributed by atoms with E-state index in [9.17, 15) is 9.59 Å². The van der Waals surface area contributed by atoms with Crippen LogP contribution in [0.2, 0.25) is 0 Å². The molecule has 0 fully saturated rings. The van der Waals surface area contributed by atoms with Gasteiger partial charge in [0.1, 0.15) is 12.4 Å². The lowest BCUT2D eigenvalue weighted by molar-refractivity contribution is 0.0432. The summed E-state index contributed by atoms with van der Waals surface area (Å²) < 4.78 is 12.7. The van der Waals surface area contributed by atoms with Gasteiger partial charge in [0.05, 0.1) is 6.54 Å². The Labute approximate surface area is 157 Å². The highest BCUT2D eigenvalue weighted by Gasteiger charge is 2.18. The second-order valence-electron chi connectivity index (χ2n) is 6.59. The Morgan fingerprint density at radius 2 is 1.96 bits per heavy atom. The molecule has 2 aromatic heterocycles. The van der Waals surface area contributed by atoms with Gasteiger partial charge in [0.15, 0.2) is 5.78 Å². The topological polar surface area (TPSA) is 74.3 Å². The van der Waals surface area contributed by atoms with Crippen molar-refractivity contribution in [2.24, 2.45) is 0 Å². The number of rotatable bonds is 6. The second-order valence-corrected chi connectivity index (χ2v) is 6.59. The Balaban J connectivity index is 1.72. The molecule has 6 heteroatoms. The maximum absolute atomic E-state index is 12.3. The summed E-state index contributed by atoms with van der Waals surface area (Å²) in [6.45, 7) is 7.82. The fourth-order valence-electron chi connectivity index (χ4n) is 3.33. The van der Waals surface area contributed by atoms with Gasteiger partial charge in [-0.15, -0.1) is 0 Å². The molecule has 0 unspecified atom stereocenters. The quantitative estimate of drug-likeness (QED) is 0.487. The van der Waals surface area contributed by atoms with Gasteiger partial charge in [0.2, 0.25) is 5.76 Å². The third-order valence-electron chi connectivity index (χ3n) is 4.57. The molecule has 0 aliphatic rings. The van der Waals surface area contributed by atoms with Crippen LogP contribution in [0.5, 0.6) is 0 Å². The Morgan fingerprint density at radius 3 is 2.63 bits per heavy atom. The maximum Gasteiger partial charge on any atom is 0.374 e. The van der Waals surface area contributed by atoms with Gasteiger partial charge in [-0.2, -0.15) is 5.10 Å². The van der Waals surface area contributed by atoms with Crippen LogP contribution < -0.4 is 0 Å². The zero-order chi connectivity index (χ0) is 19.6. The number of furan rings is 1. The van der Waals surface area contributed by atoms with Crippen LogP contribution in [0.1, 0.15) is 55.9 Å². The molecule has 3 aromatic rings. The SMILES string of the molecule is CC(=O)c1c(C)cc(C)c(COC(=O)c2ccc(Cn3cccn3)o2)c1C. The molecule has 0 radical (unpaired) electrons. The van der Waals surface area contributed by atoms with Crippen LogP contribution in [-0.4, -0.2) is 21.5 Å². The molecule has 27 heavy (non-hydrogen) atoms. The predicted octanol–water partition coefficient (Wildman–Crippen LogP) is 4.01. The van der Waals surface area contributed by atoms with Gasteiger partial charge in [-0.05, 0) is 68.1 Å². The molecule has 0 amide bonds. The smallest absolute Gasteiger partial charge is 0.374 e. The number of nitrogens with zero attached hydrogens (tertiary/aromatic N) is 2. The molecular weight excluding hydrogens is 344 g/mol. The summed E-state index contributed by atoms with van der Waals surface area (Å²) in [5.74, 6) is 0.232. The molecule has 6 nitrogen and oxygen atoms in total. The van der Waals surface area contributed by atoms with Crippen LogP contribution in [0.4, 0.5) is 0 Å².